The van der Waals surface area contributed by atoms with E-state index in [4.69, 9.17) is 4.74 Å². The molecule has 0 saturated heterocycles. The van der Waals surface area contributed by atoms with Crippen molar-refractivity contribution in [2.45, 2.75) is 18.8 Å². The zero-order valence-corrected chi connectivity index (χ0v) is 22.9. The Morgan fingerprint density at radius 2 is 1.92 bits per heavy atom. The predicted molar refractivity (Wildman–Crippen MR) is 136 cm³/mol. The SMILES string of the molecule is C[C@@H](CSC1c2ccccc2COc2ccc(/C=C/c3ccc4ccc(F)cc4n3)cc21)C(=O)[O-].[Na+]. The van der Waals surface area contributed by atoms with E-state index in [9.17, 15) is 14.3 Å². The van der Waals surface area contributed by atoms with E-state index < -0.39 is 11.9 Å². The van der Waals surface area contributed by atoms with Crippen molar-refractivity contribution in [2.24, 2.45) is 5.92 Å². The number of carboxylic acids is 1. The molecule has 0 radical (unpaired) electrons. The molecule has 0 N–H and O–H groups in total. The molecule has 0 spiro atoms. The van der Waals surface area contributed by atoms with Crippen LogP contribution in [-0.2, 0) is 11.4 Å². The first-order valence-corrected chi connectivity index (χ1v) is 12.4. The summed E-state index contributed by atoms with van der Waals surface area (Å²) in [5.41, 5.74) is 5.52. The second kappa shape index (κ2) is 11.6. The summed E-state index contributed by atoms with van der Waals surface area (Å²) in [5, 5.41) is 12.1. The van der Waals surface area contributed by atoms with Gasteiger partial charge in [0.15, 0.2) is 0 Å². The molecule has 4 nitrogen and oxygen atoms in total. The molecule has 1 aliphatic rings. The molecule has 1 unspecified atom stereocenters. The molecule has 1 aliphatic heterocycles. The summed E-state index contributed by atoms with van der Waals surface area (Å²) in [6, 6.07) is 22.5. The Kier molecular flexibility index (Phi) is 8.52. The molecule has 36 heavy (non-hydrogen) atoms. The van der Waals surface area contributed by atoms with Crippen LogP contribution in [0.25, 0.3) is 23.1 Å². The zero-order chi connectivity index (χ0) is 24.4. The Bertz CT molecular complexity index is 1440. The van der Waals surface area contributed by atoms with E-state index in [0.717, 1.165) is 39.1 Å². The fraction of sp³-hybridized carbons (Fsp3) is 0.172. The quantitative estimate of drug-likeness (QED) is 0.376. The van der Waals surface area contributed by atoms with Crippen LogP contribution in [0.1, 0.15) is 40.1 Å². The van der Waals surface area contributed by atoms with E-state index in [1.54, 1.807) is 24.8 Å². The standard InChI is InChI=1S/C29H24FNO3S.Na/c1-18(29(32)33)17-35-28-24-5-3-2-4-21(24)16-34-27-13-7-19(14-25(27)28)6-11-23-12-9-20-8-10-22(30)15-26(20)31-23;/h2-15,18,28H,16-17H2,1H3,(H,32,33);/q;+1/p-1/b11-6+;/t18-,28?;/m0./s1. The number of carboxylic acid groups (broad SMARTS) is 1. The van der Waals surface area contributed by atoms with Crippen molar-refractivity contribution in [1.29, 1.82) is 0 Å². The maximum absolute atomic E-state index is 13.6. The van der Waals surface area contributed by atoms with E-state index in [1.807, 2.05) is 54.6 Å². The number of halogens is 1. The topological polar surface area (TPSA) is 62.2 Å². The minimum absolute atomic E-state index is 0. The molecular weight excluding hydrogens is 484 g/mol. The number of aliphatic carboxylic acids is 1. The van der Waals surface area contributed by atoms with E-state index in [-0.39, 0.29) is 40.6 Å². The van der Waals surface area contributed by atoms with Crippen LogP contribution in [0.15, 0.2) is 72.8 Å². The van der Waals surface area contributed by atoms with Gasteiger partial charge in [-0.2, -0.15) is 0 Å². The van der Waals surface area contributed by atoms with Crippen LogP contribution in [-0.4, -0.2) is 16.7 Å². The second-order valence-electron chi connectivity index (χ2n) is 8.62. The van der Waals surface area contributed by atoms with Crippen LogP contribution in [0.3, 0.4) is 0 Å². The van der Waals surface area contributed by atoms with Crippen molar-refractivity contribution >= 4 is 40.8 Å². The molecule has 0 aliphatic carbocycles. The number of rotatable bonds is 6. The number of carbonyl (C=O) groups is 1. The van der Waals surface area contributed by atoms with Gasteiger partial charge in [0.25, 0.3) is 0 Å². The van der Waals surface area contributed by atoms with Crippen LogP contribution in [0.2, 0.25) is 0 Å². The fourth-order valence-electron chi connectivity index (χ4n) is 4.12. The van der Waals surface area contributed by atoms with Crippen molar-refractivity contribution in [3.63, 3.8) is 0 Å². The molecule has 1 aromatic heterocycles. The summed E-state index contributed by atoms with van der Waals surface area (Å²) in [6.07, 6.45) is 3.87. The van der Waals surface area contributed by atoms with E-state index >= 15 is 0 Å². The molecule has 0 bridgehead atoms. The van der Waals surface area contributed by atoms with Crippen molar-refractivity contribution < 1.29 is 48.6 Å². The van der Waals surface area contributed by atoms with Crippen LogP contribution in [0, 0.1) is 11.7 Å². The van der Waals surface area contributed by atoms with Crippen LogP contribution < -0.4 is 39.4 Å². The van der Waals surface area contributed by atoms with Gasteiger partial charge >= 0.3 is 29.6 Å². The zero-order valence-electron chi connectivity index (χ0n) is 20.1. The Hall–Kier alpha value is -2.64. The number of aromatic nitrogens is 1. The van der Waals surface area contributed by atoms with Crippen molar-refractivity contribution in [3.8, 4) is 5.75 Å². The fourth-order valence-corrected chi connectivity index (χ4v) is 5.51. The van der Waals surface area contributed by atoms with Gasteiger partial charge in [0.1, 0.15) is 18.2 Å². The maximum atomic E-state index is 13.6. The number of fused-ring (bicyclic) bond motifs is 3. The smallest absolute Gasteiger partial charge is 0.550 e. The summed E-state index contributed by atoms with van der Waals surface area (Å²) in [5.74, 6) is -0.703. The first-order valence-electron chi connectivity index (χ1n) is 11.4. The summed E-state index contributed by atoms with van der Waals surface area (Å²) < 4.78 is 19.7. The number of thioether (sulfide) groups is 1. The molecule has 5 rings (SSSR count). The Labute approximate surface area is 235 Å². The summed E-state index contributed by atoms with van der Waals surface area (Å²) in [4.78, 5) is 15.9. The van der Waals surface area contributed by atoms with E-state index in [1.165, 1.54) is 12.1 Å². The molecule has 4 aromatic rings. The Morgan fingerprint density at radius 1 is 1.11 bits per heavy atom. The van der Waals surface area contributed by atoms with Gasteiger partial charge in [0, 0.05) is 34.7 Å². The van der Waals surface area contributed by atoms with Gasteiger partial charge in [-0.15, -0.1) is 11.8 Å². The van der Waals surface area contributed by atoms with E-state index in [0.29, 0.717) is 17.9 Å². The number of hydrogen-bond donors (Lipinski definition) is 0. The maximum Gasteiger partial charge on any atom is 1.00 e. The van der Waals surface area contributed by atoms with Gasteiger partial charge in [-0.3, -0.25) is 0 Å². The minimum Gasteiger partial charge on any atom is -0.550 e. The van der Waals surface area contributed by atoms with Crippen molar-refractivity contribution in [2.75, 3.05) is 5.75 Å². The number of hydrogen-bond acceptors (Lipinski definition) is 5. The monoisotopic (exact) mass is 507 g/mol. The van der Waals surface area contributed by atoms with Crippen LogP contribution in [0.4, 0.5) is 4.39 Å². The molecule has 0 saturated carbocycles. The number of pyridine rings is 1. The molecule has 2 atom stereocenters. The van der Waals surface area contributed by atoms with Crippen LogP contribution >= 0.6 is 11.8 Å². The number of benzene rings is 3. The molecule has 2 heterocycles. The predicted octanol–water partition coefficient (Wildman–Crippen LogP) is 2.65. The molecule has 3 aromatic carbocycles. The second-order valence-corrected chi connectivity index (χ2v) is 9.76. The van der Waals surface area contributed by atoms with Gasteiger partial charge < -0.3 is 14.6 Å². The third kappa shape index (κ3) is 5.84. The van der Waals surface area contributed by atoms with Gasteiger partial charge in [0.05, 0.1) is 16.5 Å². The summed E-state index contributed by atoms with van der Waals surface area (Å²) in [7, 11) is 0. The van der Waals surface area contributed by atoms with E-state index in [2.05, 4.69) is 17.1 Å². The molecular formula is C29H23FNNaO3S. The molecule has 176 valence electrons. The van der Waals surface area contributed by atoms with Gasteiger partial charge in [0.2, 0.25) is 0 Å². The van der Waals surface area contributed by atoms with Gasteiger partial charge in [-0.05, 0) is 53.1 Å². The largest absolute Gasteiger partial charge is 1.00 e. The summed E-state index contributed by atoms with van der Waals surface area (Å²) in [6.45, 7) is 2.13. The number of ether oxygens (including phenoxy) is 1. The van der Waals surface area contributed by atoms with Crippen LogP contribution in [0.5, 0.6) is 5.75 Å². The normalized spacial score (nSPS) is 15.3. The third-order valence-electron chi connectivity index (χ3n) is 6.07. The molecule has 0 amide bonds. The Morgan fingerprint density at radius 3 is 2.75 bits per heavy atom. The first-order chi connectivity index (χ1) is 17.0. The average Bonchev–Trinajstić information content (AvgIpc) is 3.02. The van der Waals surface area contributed by atoms with Crippen molar-refractivity contribution in [3.05, 3.63) is 107 Å². The summed E-state index contributed by atoms with van der Waals surface area (Å²) >= 11 is 1.59. The third-order valence-corrected chi connectivity index (χ3v) is 7.61. The first kappa shape index (κ1) is 26.4. The molecule has 0 fully saturated rings. The minimum atomic E-state index is -1.05. The Balaban J connectivity index is 0.00000304. The van der Waals surface area contributed by atoms with Gasteiger partial charge in [-0.1, -0.05) is 49.4 Å². The van der Waals surface area contributed by atoms with Gasteiger partial charge in [-0.25, -0.2) is 9.37 Å². The number of carbonyl (C=O) groups excluding carboxylic acids is 1. The van der Waals surface area contributed by atoms with Crippen molar-refractivity contribution in [1.82, 2.24) is 4.98 Å². The number of nitrogens with zero attached hydrogens (tertiary/aromatic N) is 1. The average molecular weight is 508 g/mol. The molecule has 7 heteroatoms.